The Labute approximate surface area is 189 Å². The van der Waals surface area contributed by atoms with E-state index in [9.17, 15) is 27.4 Å². The van der Waals surface area contributed by atoms with Crippen LogP contribution in [0.3, 0.4) is 0 Å². The summed E-state index contributed by atoms with van der Waals surface area (Å²) in [7, 11) is -7.38. The van der Waals surface area contributed by atoms with Crippen molar-refractivity contribution in [2.24, 2.45) is 10.8 Å². The van der Waals surface area contributed by atoms with Crippen molar-refractivity contribution in [2.45, 2.75) is 60.0 Å². The van der Waals surface area contributed by atoms with Gasteiger partial charge in [0.1, 0.15) is 12.7 Å². The Morgan fingerprint density at radius 3 is 2.31 bits per heavy atom. The summed E-state index contributed by atoms with van der Waals surface area (Å²) in [6.45, 7) is 7.31. The highest BCUT2D eigenvalue weighted by Gasteiger charge is 2.48. The van der Waals surface area contributed by atoms with Crippen LogP contribution >= 0.6 is 7.82 Å². The topological polar surface area (TPSA) is 149 Å². The van der Waals surface area contributed by atoms with Crippen molar-refractivity contribution in [3.8, 4) is 0 Å². The van der Waals surface area contributed by atoms with Crippen LogP contribution in [-0.2, 0) is 51.8 Å². The largest absolute Gasteiger partial charge is 0.478 e. The molecule has 1 saturated heterocycles. The molecule has 0 spiro atoms. The smallest absolute Gasteiger partial charge is 0.465 e. The molecular formula is C19H33O11PS. The van der Waals surface area contributed by atoms with E-state index in [2.05, 4.69) is 0 Å². The molecule has 0 amide bonds. The molecule has 0 N–H and O–H groups in total. The molecule has 2 atom stereocenters. The number of phosphoric ester groups is 1. The molecule has 13 heteroatoms. The van der Waals surface area contributed by atoms with Crippen LogP contribution in [0.4, 0.5) is 0 Å². The summed E-state index contributed by atoms with van der Waals surface area (Å²) in [6.07, 6.45) is -0.0975. The molecule has 11 nitrogen and oxygen atoms in total. The van der Waals surface area contributed by atoms with Gasteiger partial charge in [-0.3, -0.25) is 23.4 Å². The van der Waals surface area contributed by atoms with Crippen LogP contribution in [0.1, 0.15) is 53.9 Å². The van der Waals surface area contributed by atoms with E-state index < -0.39 is 59.1 Å². The highest BCUT2D eigenvalue weighted by Crippen LogP contribution is 2.57. The van der Waals surface area contributed by atoms with Crippen LogP contribution in [0.15, 0.2) is 0 Å². The molecule has 186 valence electrons. The molecule has 0 aromatic heterocycles. The Kier molecular flexibility index (Phi) is 10.0. The number of rotatable bonds is 11. The standard InChI is InChI=1S/C19H33O11PS/c1-18(2,3)17(22)27-13-29-31(23)28-12-19(4,5)16(30-31)14(20)8-7-9-15(21)26-10-11-32(6,24)25/h16H,7-13H2,1-6H3/t16-,31+/m0/s1. The van der Waals surface area contributed by atoms with Crippen LogP contribution in [0.5, 0.6) is 0 Å². The first-order chi connectivity index (χ1) is 14.5. The molecule has 0 bridgehead atoms. The maximum absolute atomic E-state index is 12.7. The Morgan fingerprint density at radius 1 is 1.12 bits per heavy atom. The second-order valence-corrected chi connectivity index (χ2v) is 13.2. The van der Waals surface area contributed by atoms with Gasteiger partial charge in [-0.05, 0) is 27.2 Å². The predicted molar refractivity (Wildman–Crippen MR) is 113 cm³/mol. The molecule has 1 rings (SSSR count). The Morgan fingerprint density at radius 2 is 1.75 bits per heavy atom. The second-order valence-electron chi connectivity index (χ2n) is 9.29. The zero-order valence-electron chi connectivity index (χ0n) is 19.4. The average molecular weight is 501 g/mol. The van der Waals surface area contributed by atoms with Crippen molar-refractivity contribution in [3.05, 3.63) is 0 Å². The van der Waals surface area contributed by atoms with Gasteiger partial charge < -0.3 is 9.47 Å². The third-order valence-electron chi connectivity index (χ3n) is 4.37. The number of carbonyl (C=O) groups is 3. The first kappa shape index (κ1) is 28.7. The Bertz CT molecular complexity index is 842. The van der Waals surface area contributed by atoms with Gasteiger partial charge in [0.2, 0.25) is 6.79 Å². The van der Waals surface area contributed by atoms with Crippen molar-refractivity contribution in [1.82, 2.24) is 0 Å². The van der Waals surface area contributed by atoms with Gasteiger partial charge in [0, 0.05) is 24.5 Å². The lowest BCUT2D eigenvalue weighted by Gasteiger charge is -2.39. The monoisotopic (exact) mass is 500 g/mol. The molecule has 0 unspecified atom stereocenters. The lowest BCUT2D eigenvalue weighted by atomic mass is 9.84. The number of esters is 2. The van der Waals surface area contributed by atoms with Crippen molar-refractivity contribution < 1.29 is 50.4 Å². The van der Waals surface area contributed by atoms with Crippen LogP contribution in [0.25, 0.3) is 0 Å². The number of ether oxygens (including phenoxy) is 2. The van der Waals surface area contributed by atoms with E-state index in [1.165, 1.54) is 0 Å². The van der Waals surface area contributed by atoms with Crippen molar-refractivity contribution >= 4 is 35.4 Å². The Hall–Kier alpha value is -1.33. The van der Waals surface area contributed by atoms with Gasteiger partial charge in [0.05, 0.1) is 17.8 Å². The summed E-state index contributed by atoms with van der Waals surface area (Å²) in [5, 5.41) is 0. The van der Waals surface area contributed by atoms with Gasteiger partial charge in [0.25, 0.3) is 0 Å². The van der Waals surface area contributed by atoms with Crippen molar-refractivity contribution in [1.29, 1.82) is 0 Å². The molecule has 0 aromatic rings. The predicted octanol–water partition coefficient (Wildman–Crippen LogP) is 2.43. The fourth-order valence-corrected chi connectivity index (χ4v) is 4.38. The number of phosphoric acid groups is 1. The molecule has 1 fully saturated rings. The first-order valence-corrected chi connectivity index (χ1v) is 13.6. The highest BCUT2D eigenvalue weighted by atomic mass is 32.2. The summed E-state index contributed by atoms with van der Waals surface area (Å²) in [6, 6.07) is 0. The van der Waals surface area contributed by atoms with Gasteiger partial charge in [-0.1, -0.05) is 13.8 Å². The molecular weight excluding hydrogens is 467 g/mol. The molecule has 1 aliphatic heterocycles. The highest BCUT2D eigenvalue weighted by molar-refractivity contribution is 7.90. The summed E-state index contributed by atoms with van der Waals surface area (Å²) in [5.74, 6) is -1.87. The SMILES string of the molecule is CC(C)(C)C(=O)OCO[P@@]1(=O)OCC(C)(C)[C@H](C(=O)CCCC(=O)OCCS(C)(=O)=O)O1. The molecule has 0 aliphatic carbocycles. The molecule has 0 aromatic carbocycles. The minimum atomic E-state index is -4.14. The van der Waals surface area contributed by atoms with E-state index >= 15 is 0 Å². The van der Waals surface area contributed by atoms with E-state index in [1.807, 2.05) is 0 Å². The zero-order valence-corrected chi connectivity index (χ0v) is 21.1. The molecule has 0 saturated carbocycles. The number of hydrogen-bond acceptors (Lipinski definition) is 11. The normalized spacial score (nSPS) is 23.4. The first-order valence-electron chi connectivity index (χ1n) is 10.1. The fourth-order valence-electron chi connectivity index (χ4n) is 2.46. The van der Waals surface area contributed by atoms with Crippen LogP contribution in [-0.4, -0.2) is 64.3 Å². The average Bonchev–Trinajstić information content (AvgIpc) is 2.62. The lowest BCUT2D eigenvalue weighted by Crippen LogP contribution is -2.45. The third kappa shape index (κ3) is 10.1. The number of sulfone groups is 1. The fraction of sp³-hybridized carbons (Fsp3) is 0.842. The number of ketones is 1. The lowest BCUT2D eigenvalue weighted by molar-refractivity contribution is -0.163. The zero-order chi connectivity index (χ0) is 24.8. The van der Waals surface area contributed by atoms with Crippen LogP contribution in [0, 0.1) is 10.8 Å². The molecule has 1 aliphatic rings. The Balaban J connectivity index is 2.55. The van der Waals surface area contributed by atoms with Crippen LogP contribution < -0.4 is 0 Å². The molecule has 1 heterocycles. The maximum Gasteiger partial charge on any atom is 0.478 e. The summed E-state index contributed by atoms with van der Waals surface area (Å²) < 4.78 is 60.1. The molecule has 32 heavy (non-hydrogen) atoms. The van der Waals surface area contributed by atoms with Gasteiger partial charge in [-0.15, -0.1) is 0 Å². The third-order valence-corrected chi connectivity index (χ3v) is 6.61. The van der Waals surface area contributed by atoms with E-state index in [0.717, 1.165) is 6.26 Å². The number of hydrogen-bond donors (Lipinski definition) is 0. The van der Waals surface area contributed by atoms with Gasteiger partial charge >= 0.3 is 19.8 Å². The maximum atomic E-state index is 12.7. The van der Waals surface area contributed by atoms with E-state index in [4.69, 9.17) is 23.0 Å². The van der Waals surface area contributed by atoms with E-state index in [-0.39, 0.29) is 38.2 Å². The van der Waals surface area contributed by atoms with Crippen LogP contribution in [0.2, 0.25) is 0 Å². The van der Waals surface area contributed by atoms with Gasteiger partial charge in [-0.25, -0.2) is 17.5 Å². The summed E-state index contributed by atoms with van der Waals surface area (Å²) in [5.41, 5.74) is -1.59. The van der Waals surface area contributed by atoms with E-state index in [0.29, 0.717) is 0 Å². The summed E-state index contributed by atoms with van der Waals surface area (Å²) >= 11 is 0. The van der Waals surface area contributed by atoms with Gasteiger partial charge in [-0.2, -0.15) is 0 Å². The quantitative estimate of drug-likeness (QED) is 0.234. The minimum absolute atomic E-state index is 0.0612. The van der Waals surface area contributed by atoms with Gasteiger partial charge in [0.15, 0.2) is 15.6 Å². The second kappa shape index (κ2) is 11.2. The van der Waals surface area contributed by atoms with E-state index in [1.54, 1.807) is 34.6 Å². The number of carbonyl (C=O) groups excluding carboxylic acids is 3. The van der Waals surface area contributed by atoms with Crippen molar-refractivity contribution in [3.63, 3.8) is 0 Å². The minimum Gasteiger partial charge on any atom is -0.465 e. The molecule has 0 radical (unpaired) electrons. The number of Topliss-reactive ketones (excluding diaryl/α,β-unsaturated/α-hetero) is 1. The summed E-state index contributed by atoms with van der Waals surface area (Å²) in [4.78, 5) is 36.1. The van der Waals surface area contributed by atoms with Crippen molar-refractivity contribution in [2.75, 3.05) is 32.0 Å².